The van der Waals surface area contributed by atoms with Crippen LogP contribution in [0.4, 0.5) is 0 Å². The van der Waals surface area contributed by atoms with Crippen molar-refractivity contribution in [1.82, 2.24) is 5.32 Å². The summed E-state index contributed by atoms with van der Waals surface area (Å²) in [6.45, 7) is 7.92. The minimum atomic E-state index is 0.256. The van der Waals surface area contributed by atoms with Gasteiger partial charge in [-0.1, -0.05) is 43.7 Å². The highest BCUT2D eigenvalue weighted by Crippen LogP contribution is 2.38. The van der Waals surface area contributed by atoms with Crippen molar-refractivity contribution in [2.75, 3.05) is 6.54 Å². The van der Waals surface area contributed by atoms with E-state index in [1.165, 1.54) is 17.5 Å². The molecule has 2 rings (SSSR count). The van der Waals surface area contributed by atoms with Gasteiger partial charge in [0.15, 0.2) is 0 Å². The summed E-state index contributed by atoms with van der Waals surface area (Å²) in [4.78, 5) is 0. The van der Waals surface area contributed by atoms with E-state index < -0.39 is 0 Å². The van der Waals surface area contributed by atoms with Gasteiger partial charge < -0.3 is 5.32 Å². The van der Waals surface area contributed by atoms with Gasteiger partial charge in [-0.15, -0.1) is 0 Å². The molecule has 0 saturated carbocycles. The predicted molar refractivity (Wildman–Crippen MR) is 60.3 cm³/mol. The van der Waals surface area contributed by atoms with Crippen LogP contribution in [0.1, 0.15) is 31.4 Å². The standard InChI is InChI=1S/C13H19N/c1-10(2)13(7-8-14-13)12-6-4-5-11(3)9-12/h4-6,9-10,14H,7-8H2,1-3H3. The van der Waals surface area contributed by atoms with Gasteiger partial charge in [0, 0.05) is 5.54 Å². The van der Waals surface area contributed by atoms with Crippen molar-refractivity contribution < 1.29 is 0 Å². The lowest BCUT2D eigenvalue weighted by Crippen LogP contribution is -2.57. The SMILES string of the molecule is Cc1cccc(C2(C(C)C)CCN2)c1. The zero-order valence-corrected chi connectivity index (χ0v) is 9.30. The molecule has 1 heteroatoms. The zero-order chi connectivity index (χ0) is 10.2. The average molecular weight is 189 g/mol. The molecule has 14 heavy (non-hydrogen) atoms. The smallest absolute Gasteiger partial charge is 0.0470 e. The third-order valence-electron chi connectivity index (χ3n) is 3.48. The Labute approximate surface area is 86.5 Å². The van der Waals surface area contributed by atoms with E-state index in [0.717, 1.165) is 6.54 Å². The van der Waals surface area contributed by atoms with Crippen LogP contribution in [0.15, 0.2) is 24.3 Å². The summed E-state index contributed by atoms with van der Waals surface area (Å²) in [6, 6.07) is 8.89. The second kappa shape index (κ2) is 3.39. The monoisotopic (exact) mass is 189 g/mol. The highest BCUT2D eigenvalue weighted by atomic mass is 15.1. The maximum atomic E-state index is 3.60. The van der Waals surface area contributed by atoms with E-state index in [4.69, 9.17) is 0 Å². The number of benzene rings is 1. The summed E-state index contributed by atoms with van der Waals surface area (Å²) in [5, 5.41) is 3.60. The summed E-state index contributed by atoms with van der Waals surface area (Å²) in [5.74, 6) is 0.665. The van der Waals surface area contributed by atoms with Crippen LogP contribution in [-0.4, -0.2) is 6.54 Å². The Morgan fingerprint density at radius 3 is 2.50 bits per heavy atom. The first-order valence-electron chi connectivity index (χ1n) is 5.47. The van der Waals surface area contributed by atoms with Crippen molar-refractivity contribution in [3.05, 3.63) is 35.4 Å². The molecule has 1 aromatic carbocycles. The normalized spacial score (nSPS) is 26.3. The van der Waals surface area contributed by atoms with E-state index in [-0.39, 0.29) is 5.54 Å². The summed E-state index contributed by atoms with van der Waals surface area (Å²) < 4.78 is 0. The summed E-state index contributed by atoms with van der Waals surface area (Å²) in [5.41, 5.74) is 3.07. The first-order valence-corrected chi connectivity index (χ1v) is 5.47. The summed E-state index contributed by atoms with van der Waals surface area (Å²) in [6.07, 6.45) is 1.27. The minimum Gasteiger partial charge on any atom is -0.307 e. The van der Waals surface area contributed by atoms with E-state index in [1.54, 1.807) is 0 Å². The Balaban J connectivity index is 2.37. The molecular formula is C13H19N. The lowest BCUT2D eigenvalue weighted by Gasteiger charge is -2.47. The number of rotatable bonds is 2. The first kappa shape index (κ1) is 9.72. The molecule has 1 aromatic rings. The summed E-state index contributed by atoms with van der Waals surface area (Å²) in [7, 11) is 0. The van der Waals surface area contributed by atoms with Crippen molar-refractivity contribution in [1.29, 1.82) is 0 Å². The van der Waals surface area contributed by atoms with Gasteiger partial charge >= 0.3 is 0 Å². The van der Waals surface area contributed by atoms with Crippen LogP contribution in [0, 0.1) is 12.8 Å². The molecule has 0 aromatic heterocycles. The zero-order valence-electron chi connectivity index (χ0n) is 9.30. The Kier molecular flexibility index (Phi) is 2.36. The maximum absolute atomic E-state index is 3.60. The van der Waals surface area contributed by atoms with Gasteiger partial charge in [0.05, 0.1) is 0 Å². The fraction of sp³-hybridized carbons (Fsp3) is 0.538. The molecule has 1 aliphatic rings. The van der Waals surface area contributed by atoms with Crippen molar-refractivity contribution >= 4 is 0 Å². The Morgan fingerprint density at radius 2 is 2.07 bits per heavy atom. The molecule has 0 bridgehead atoms. The second-order valence-electron chi connectivity index (χ2n) is 4.67. The lowest BCUT2D eigenvalue weighted by atomic mass is 9.72. The van der Waals surface area contributed by atoms with E-state index in [9.17, 15) is 0 Å². The van der Waals surface area contributed by atoms with Crippen LogP contribution >= 0.6 is 0 Å². The topological polar surface area (TPSA) is 12.0 Å². The number of hydrogen-bond donors (Lipinski definition) is 1. The van der Waals surface area contributed by atoms with E-state index in [2.05, 4.69) is 50.4 Å². The Hall–Kier alpha value is -0.820. The van der Waals surface area contributed by atoms with Crippen molar-refractivity contribution in [2.24, 2.45) is 5.92 Å². The average Bonchev–Trinajstić information content (AvgIpc) is 2.00. The van der Waals surface area contributed by atoms with Gasteiger partial charge in [0.25, 0.3) is 0 Å². The first-order chi connectivity index (χ1) is 6.65. The third kappa shape index (κ3) is 1.36. The number of hydrogen-bond acceptors (Lipinski definition) is 1. The third-order valence-corrected chi connectivity index (χ3v) is 3.48. The van der Waals surface area contributed by atoms with Crippen LogP contribution in [0.25, 0.3) is 0 Å². The highest BCUT2D eigenvalue weighted by molar-refractivity contribution is 5.31. The molecule has 0 aliphatic carbocycles. The Bertz CT molecular complexity index is 324. The molecule has 1 nitrogen and oxygen atoms in total. The van der Waals surface area contributed by atoms with Gasteiger partial charge in [-0.3, -0.25) is 0 Å². The maximum Gasteiger partial charge on any atom is 0.0470 e. The Morgan fingerprint density at radius 1 is 1.36 bits per heavy atom. The fourth-order valence-electron chi connectivity index (χ4n) is 2.39. The lowest BCUT2D eigenvalue weighted by molar-refractivity contribution is 0.139. The van der Waals surface area contributed by atoms with E-state index >= 15 is 0 Å². The molecule has 1 saturated heterocycles. The van der Waals surface area contributed by atoms with Gasteiger partial charge in [0.1, 0.15) is 0 Å². The second-order valence-corrected chi connectivity index (χ2v) is 4.67. The number of nitrogens with one attached hydrogen (secondary N) is 1. The molecule has 76 valence electrons. The van der Waals surface area contributed by atoms with Gasteiger partial charge in [-0.2, -0.15) is 0 Å². The fourth-order valence-corrected chi connectivity index (χ4v) is 2.39. The molecule has 0 amide bonds. The van der Waals surface area contributed by atoms with Gasteiger partial charge in [-0.05, 0) is 31.4 Å². The van der Waals surface area contributed by atoms with Crippen molar-refractivity contribution in [3.8, 4) is 0 Å². The molecule has 1 atom stereocenters. The van der Waals surface area contributed by atoms with Crippen LogP contribution in [-0.2, 0) is 5.54 Å². The molecule has 1 fully saturated rings. The molecule has 1 aliphatic heterocycles. The van der Waals surface area contributed by atoms with E-state index in [1.807, 2.05) is 0 Å². The predicted octanol–water partition coefficient (Wildman–Crippen LogP) is 2.84. The van der Waals surface area contributed by atoms with Crippen LogP contribution in [0.3, 0.4) is 0 Å². The largest absolute Gasteiger partial charge is 0.307 e. The quantitative estimate of drug-likeness (QED) is 0.754. The molecule has 1 heterocycles. The number of aryl methyl sites for hydroxylation is 1. The highest BCUT2D eigenvalue weighted by Gasteiger charge is 2.40. The van der Waals surface area contributed by atoms with Crippen molar-refractivity contribution in [2.45, 2.75) is 32.7 Å². The molecule has 0 radical (unpaired) electrons. The molecular weight excluding hydrogens is 170 g/mol. The molecule has 1 unspecified atom stereocenters. The van der Waals surface area contributed by atoms with Crippen LogP contribution in [0.2, 0.25) is 0 Å². The van der Waals surface area contributed by atoms with Gasteiger partial charge in [0.2, 0.25) is 0 Å². The van der Waals surface area contributed by atoms with Crippen LogP contribution in [0.5, 0.6) is 0 Å². The molecule has 0 spiro atoms. The summed E-state index contributed by atoms with van der Waals surface area (Å²) >= 11 is 0. The van der Waals surface area contributed by atoms with Gasteiger partial charge in [-0.25, -0.2) is 0 Å². The van der Waals surface area contributed by atoms with E-state index in [0.29, 0.717) is 5.92 Å². The van der Waals surface area contributed by atoms with Crippen LogP contribution < -0.4 is 5.32 Å². The minimum absolute atomic E-state index is 0.256. The van der Waals surface area contributed by atoms with Crippen molar-refractivity contribution in [3.63, 3.8) is 0 Å². The molecule has 1 N–H and O–H groups in total.